The Labute approximate surface area is 210 Å². The first-order chi connectivity index (χ1) is 12.6. The molecule has 4 aliphatic carbocycles. The zero-order chi connectivity index (χ0) is 19.6. The van der Waals surface area contributed by atoms with Crippen molar-refractivity contribution in [2.75, 3.05) is 0 Å². The van der Waals surface area contributed by atoms with Crippen molar-refractivity contribution >= 4 is 63.1 Å². The monoisotopic (exact) mass is 412 g/mol. The second-order valence-electron chi connectivity index (χ2n) is 10.0. The number of hydrogen-bond acceptors (Lipinski definition) is 3. The fourth-order valence-corrected chi connectivity index (χ4v) is 7.25. The molecule has 0 aromatic rings. The number of rotatable bonds is 3. The Balaban J connectivity index is 0.00000225. The van der Waals surface area contributed by atoms with Gasteiger partial charge in [-0.3, -0.25) is 9.59 Å². The van der Waals surface area contributed by atoms with Crippen LogP contribution in [0.2, 0.25) is 0 Å². The zero-order valence-corrected chi connectivity index (χ0v) is 16.8. The van der Waals surface area contributed by atoms with E-state index in [9.17, 15) is 14.7 Å². The molecule has 0 bridgehead atoms. The Morgan fingerprint density at radius 1 is 1.18 bits per heavy atom. The average Bonchev–Trinajstić information content (AvgIpc) is 2.87. The van der Waals surface area contributed by atoms with Gasteiger partial charge in [0.2, 0.25) is 0 Å². The Morgan fingerprint density at radius 2 is 1.86 bits per heavy atom. The molecule has 2 N–H and O–H groups in total. The predicted molar refractivity (Wildman–Crippen MR) is 110 cm³/mol. The fraction of sp³-hybridized carbons (Fsp3) is 0.739. The summed E-state index contributed by atoms with van der Waals surface area (Å²) < 4.78 is 0. The maximum atomic E-state index is 12.0. The van der Waals surface area contributed by atoms with Crippen molar-refractivity contribution in [3.05, 3.63) is 23.3 Å². The van der Waals surface area contributed by atoms with Crippen LogP contribution in [0.15, 0.2) is 23.3 Å². The summed E-state index contributed by atoms with van der Waals surface area (Å²) >= 11 is 0. The summed E-state index contributed by atoms with van der Waals surface area (Å²) in [6, 6.07) is 0. The molecule has 0 radical (unpaired) electrons. The van der Waals surface area contributed by atoms with E-state index in [1.165, 1.54) is 11.1 Å². The van der Waals surface area contributed by atoms with E-state index in [0.29, 0.717) is 37.0 Å². The van der Waals surface area contributed by atoms with Gasteiger partial charge in [0.05, 0.1) is 5.60 Å². The zero-order valence-electron chi connectivity index (χ0n) is 16.8. The first-order valence-corrected chi connectivity index (χ1v) is 10.5. The van der Waals surface area contributed by atoms with Gasteiger partial charge in [0.1, 0.15) is 0 Å². The second-order valence-corrected chi connectivity index (χ2v) is 10.0. The van der Waals surface area contributed by atoms with Crippen molar-refractivity contribution in [2.45, 2.75) is 77.7 Å². The number of carboxylic acids is 1. The van der Waals surface area contributed by atoms with Crippen molar-refractivity contribution in [1.82, 2.24) is 0 Å². The number of aliphatic carboxylic acids is 1. The quantitative estimate of drug-likeness (QED) is 0.694. The van der Waals surface area contributed by atoms with Gasteiger partial charge >= 0.3 is 57.4 Å². The molecule has 2 fully saturated rings. The average molecular weight is 413 g/mol. The standard InChI is InChI=1S/C23H32O4.K.H/c1-14-12-16-17(21(2)8-4-15(24)13-19(14)21)5-9-22(3)18(16)6-10-23(22,27)11-7-20(25)26;;/h12-13,16-18,27H,4-11H2,1-3H3,(H,25,26);;/t16-,17+,18+,21-,22+,23+;;/m1../s1. The normalized spacial score (nSPS) is 44.4. The van der Waals surface area contributed by atoms with E-state index >= 15 is 0 Å². The Morgan fingerprint density at radius 3 is 2.54 bits per heavy atom. The van der Waals surface area contributed by atoms with E-state index < -0.39 is 11.6 Å². The first-order valence-electron chi connectivity index (χ1n) is 10.5. The number of fused-ring (bicyclic) bond motifs is 5. The molecule has 0 aliphatic heterocycles. The summed E-state index contributed by atoms with van der Waals surface area (Å²) in [5, 5.41) is 20.6. The number of allylic oxidation sites excluding steroid dienone is 4. The third kappa shape index (κ3) is 3.29. The molecule has 0 aromatic carbocycles. The van der Waals surface area contributed by atoms with E-state index in [1.807, 2.05) is 6.08 Å². The number of hydrogen-bond donors (Lipinski definition) is 2. The SMILES string of the molecule is CC1=C[C@@H]2[C@H](CC[C@@]3(C)[C@H]2CC[C@]3(O)CCC(=O)O)[C@@]2(C)CCC(=O)C=C12.[KH]. The van der Waals surface area contributed by atoms with E-state index in [0.717, 1.165) is 25.7 Å². The molecule has 2 saturated carbocycles. The summed E-state index contributed by atoms with van der Waals surface area (Å²) in [5.41, 5.74) is 1.44. The third-order valence-electron chi connectivity index (χ3n) is 8.90. The van der Waals surface area contributed by atoms with Gasteiger partial charge < -0.3 is 10.2 Å². The molecular formula is C23H33KO4. The van der Waals surface area contributed by atoms with Crippen LogP contribution in [0.25, 0.3) is 0 Å². The molecule has 0 spiro atoms. The van der Waals surface area contributed by atoms with Gasteiger partial charge in [0.25, 0.3) is 0 Å². The fourth-order valence-electron chi connectivity index (χ4n) is 7.25. The maximum absolute atomic E-state index is 12.0. The van der Waals surface area contributed by atoms with Crippen LogP contribution in [0, 0.1) is 28.6 Å². The van der Waals surface area contributed by atoms with Gasteiger partial charge in [-0.05, 0) is 85.7 Å². The van der Waals surface area contributed by atoms with Crippen LogP contribution in [-0.4, -0.2) is 79.0 Å². The van der Waals surface area contributed by atoms with Crippen molar-refractivity contribution < 1.29 is 19.8 Å². The van der Waals surface area contributed by atoms with Gasteiger partial charge in [-0.15, -0.1) is 0 Å². The van der Waals surface area contributed by atoms with Gasteiger partial charge in [-0.25, -0.2) is 0 Å². The van der Waals surface area contributed by atoms with Crippen LogP contribution < -0.4 is 0 Å². The summed E-state index contributed by atoms with van der Waals surface area (Å²) in [6.07, 6.45) is 9.87. The van der Waals surface area contributed by atoms with Crippen LogP contribution in [0.4, 0.5) is 0 Å². The van der Waals surface area contributed by atoms with Crippen LogP contribution in [-0.2, 0) is 9.59 Å². The molecule has 0 saturated heterocycles. The number of carboxylic acid groups (broad SMARTS) is 1. The van der Waals surface area contributed by atoms with Crippen LogP contribution in [0.5, 0.6) is 0 Å². The van der Waals surface area contributed by atoms with Crippen LogP contribution in [0.3, 0.4) is 0 Å². The summed E-state index contributed by atoms with van der Waals surface area (Å²) in [6.45, 7) is 6.67. The Hall–Kier alpha value is 0.216. The molecule has 0 amide bonds. The summed E-state index contributed by atoms with van der Waals surface area (Å²) in [5.74, 6) is 0.740. The molecule has 5 heteroatoms. The molecular weight excluding hydrogens is 379 g/mol. The number of ketones is 1. The number of carbonyl (C=O) groups is 2. The van der Waals surface area contributed by atoms with Gasteiger partial charge in [0.15, 0.2) is 5.78 Å². The van der Waals surface area contributed by atoms with Crippen molar-refractivity contribution in [2.24, 2.45) is 28.6 Å². The predicted octanol–water partition coefficient (Wildman–Crippen LogP) is 3.63. The third-order valence-corrected chi connectivity index (χ3v) is 8.90. The van der Waals surface area contributed by atoms with E-state index in [-0.39, 0.29) is 74.4 Å². The molecule has 4 nitrogen and oxygen atoms in total. The summed E-state index contributed by atoms with van der Waals surface area (Å²) in [7, 11) is 0. The topological polar surface area (TPSA) is 74.6 Å². The van der Waals surface area contributed by atoms with E-state index in [2.05, 4.69) is 26.8 Å². The molecule has 150 valence electrons. The van der Waals surface area contributed by atoms with Gasteiger partial charge in [-0.2, -0.15) is 0 Å². The van der Waals surface area contributed by atoms with Gasteiger partial charge in [0, 0.05) is 12.8 Å². The van der Waals surface area contributed by atoms with E-state index in [1.54, 1.807) is 0 Å². The molecule has 0 aromatic heterocycles. The minimum atomic E-state index is -0.873. The van der Waals surface area contributed by atoms with Gasteiger partial charge in [-0.1, -0.05) is 25.5 Å². The molecule has 28 heavy (non-hydrogen) atoms. The van der Waals surface area contributed by atoms with Crippen molar-refractivity contribution in [1.29, 1.82) is 0 Å². The van der Waals surface area contributed by atoms with Crippen molar-refractivity contribution in [3.63, 3.8) is 0 Å². The van der Waals surface area contributed by atoms with E-state index in [4.69, 9.17) is 5.11 Å². The Kier molecular flexibility index (Phi) is 6.31. The minimum absolute atomic E-state index is 0. The second kappa shape index (κ2) is 7.72. The van der Waals surface area contributed by atoms with Crippen molar-refractivity contribution in [3.8, 4) is 0 Å². The molecule has 4 rings (SSSR count). The number of aliphatic hydroxyl groups is 1. The molecule has 0 unspecified atom stereocenters. The van der Waals surface area contributed by atoms with Crippen LogP contribution in [0.1, 0.15) is 72.1 Å². The molecule has 0 heterocycles. The first kappa shape index (κ1) is 22.9. The number of carbonyl (C=O) groups excluding carboxylic acids is 1. The summed E-state index contributed by atoms with van der Waals surface area (Å²) in [4.78, 5) is 23.1. The molecule has 4 aliphatic rings. The molecule has 6 atom stereocenters. The Bertz CT molecular complexity index is 756. The van der Waals surface area contributed by atoms with Crippen LogP contribution >= 0.6 is 0 Å².